The van der Waals surface area contributed by atoms with Crippen LogP contribution in [0.15, 0.2) is 4.99 Å². The first kappa shape index (κ1) is 16.7. The van der Waals surface area contributed by atoms with E-state index in [1.807, 2.05) is 0 Å². The van der Waals surface area contributed by atoms with Crippen molar-refractivity contribution in [1.82, 2.24) is 24.5 Å². The second-order valence-corrected chi connectivity index (χ2v) is 5.29. The van der Waals surface area contributed by atoms with Crippen LogP contribution in [0.2, 0.25) is 0 Å². The fraction of sp³-hybridized carbons (Fsp3) is 0.667. The molecular weight excluding hydrogens is 276 g/mol. The molecule has 1 saturated heterocycles. The molecule has 0 saturated carbocycles. The van der Waals surface area contributed by atoms with Gasteiger partial charge >= 0.3 is 23.8 Å². The summed E-state index contributed by atoms with van der Waals surface area (Å²) in [7, 11) is 10.8. The molecule has 0 spiro atoms. The Hall–Kier alpha value is -2.32. The molecule has 1 aliphatic rings. The van der Waals surface area contributed by atoms with E-state index in [0.29, 0.717) is 0 Å². The fourth-order valence-corrected chi connectivity index (χ4v) is 2.04. The number of imide groups is 1. The topological polar surface area (TPSA) is 79.8 Å². The monoisotopic (exact) mass is 298 g/mol. The number of likely N-dealkylation sites (N-methyl/N-ethyl adjacent to an activating group) is 3. The van der Waals surface area contributed by atoms with Gasteiger partial charge in [0.15, 0.2) is 0 Å². The molecule has 5 amide bonds. The summed E-state index contributed by atoms with van der Waals surface area (Å²) in [5, 5.41) is 0. The Kier molecular flexibility index (Phi) is 4.45. The second-order valence-electron chi connectivity index (χ2n) is 5.29. The van der Waals surface area contributed by atoms with Crippen molar-refractivity contribution in [2.24, 2.45) is 4.99 Å². The first-order chi connectivity index (χ1) is 9.57. The molecule has 0 N–H and O–H groups in total. The third-order valence-corrected chi connectivity index (χ3v) is 3.24. The van der Waals surface area contributed by atoms with Crippen LogP contribution in [-0.4, -0.2) is 104 Å². The fourth-order valence-electron chi connectivity index (χ4n) is 2.04. The highest BCUT2D eigenvalue weighted by Crippen LogP contribution is 2.30. The van der Waals surface area contributed by atoms with E-state index in [0.717, 1.165) is 14.7 Å². The van der Waals surface area contributed by atoms with Crippen LogP contribution in [-0.2, 0) is 4.79 Å². The summed E-state index contributed by atoms with van der Waals surface area (Å²) >= 11 is 0. The van der Waals surface area contributed by atoms with Gasteiger partial charge in [0.05, 0.1) is 6.34 Å². The summed E-state index contributed by atoms with van der Waals surface area (Å²) in [6.45, 7) is 0. The quantitative estimate of drug-likeness (QED) is 0.395. The smallest absolute Gasteiger partial charge is 0.330 e. The molecule has 21 heavy (non-hydrogen) atoms. The third kappa shape index (κ3) is 2.50. The highest BCUT2D eigenvalue weighted by molar-refractivity contribution is 6.08. The van der Waals surface area contributed by atoms with Crippen molar-refractivity contribution in [2.75, 3.05) is 49.3 Å². The minimum Gasteiger partial charge on any atom is -0.369 e. The zero-order valence-electron chi connectivity index (χ0n) is 13.5. The molecule has 1 rings (SSSR count). The van der Waals surface area contributed by atoms with Gasteiger partial charge in [0.25, 0.3) is 0 Å². The van der Waals surface area contributed by atoms with Gasteiger partial charge in [-0.25, -0.2) is 14.6 Å². The van der Waals surface area contributed by atoms with Crippen molar-refractivity contribution in [3.8, 4) is 0 Å². The number of amides is 5. The van der Waals surface area contributed by atoms with Gasteiger partial charge in [0.1, 0.15) is 0 Å². The van der Waals surface area contributed by atoms with Crippen LogP contribution < -0.4 is 0 Å². The molecule has 0 aliphatic carbocycles. The standard InChI is InChI=1S/C12H22N6O3/c1-14(2)8-13-12(17(6)10(20)15(3)4)9(19)16(5)11(21)18(12)7/h8H,1-7H3/b13-8+. The number of carbonyl (C=O) groups is 3. The van der Waals surface area contributed by atoms with E-state index in [4.69, 9.17) is 0 Å². The van der Waals surface area contributed by atoms with Crippen LogP contribution in [0.3, 0.4) is 0 Å². The van der Waals surface area contributed by atoms with E-state index in [2.05, 4.69) is 4.99 Å². The van der Waals surface area contributed by atoms with Gasteiger partial charge in [-0.15, -0.1) is 0 Å². The molecular formula is C12H22N6O3. The largest absolute Gasteiger partial charge is 0.369 e. The van der Waals surface area contributed by atoms with Gasteiger partial charge in [-0.3, -0.25) is 19.5 Å². The average molecular weight is 298 g/mol. The Bertz CT molecular complexity index is 489. The molecule has 0 aromatic rings. The number of hydrogen-bond acceptors (Lipinski definition) is 4. The molecule has 1 atom stereocenters. The van der Waals surface area contributed by atoms with E-state index in [-0.39, 0.29) is 0 Å². The van der Waals surface area contributed by atoms with Crippen LogP contribution in [0.1, 0.15) is 0 Å². The van der Waals surface area contributed by atoms with E-state index in [9.17, 15) is 14.4 Å². The first-order valence-electron chi connectivity index (χ1n) is 6.30. The molecule has 1 heterocycles. The predicted molar refractivity (Wildman–Crippen MR) is 77.7 cm³/mol. The Balaban J connectivity index is 3.41. The molecule has 9 nitrogen and oxygen atoms in total. The molecule has 118 valence electrons. The van der Waals surface area contributed by atoms with Crippen LogP contribution >= 0.6 is 0 Å². The summed E-state index contributed by atoms with van der Waals surface area (Å²) in [4.78, 5) is 47.3. The normalized spacial score (nSPS) is 22.2. The summed E-state index contributed by atoms with van der Waals surface area (Å²) < 4.78 is 0. The summed E-state index contributed by atoms with van der Waals surface area (Å²) in [5.41, 5.74) is 0. The number of rotatable bonds is 3. The predicted octanol–water partition coefficient (Wildman–Crippen LogP) is -0.633. The lowest BCUT2D eigenvalue weighted by molar-refractivity contribution is -0.138. The molecule has 0 radical (unpaired) electrons. The zero-order valence-corrected chi connectivity index (χ0v) is 13.5. The average Bonchev–Trinajstić information content (AvgIpc) is 2.58. The number of hydrogen-bond donors (Lipinski definition) is 0. The number of aliphatic imine (C=N–C) groups is 1. The third-order valence-electron chi connectivity index (χ3n) is 3.24. The Morgan fingerprint density at radius 1 is 1.14 bits per heavy atom. The maximum atomic E-state index is 12.5. The van der Waals surface area contributed by atoms with Crippen molar-refractivity contribution in [2.45, 2.75) is 5.79 Å². The highest BCUT2D eigenvalue weighted by atomic mass is 16.2. The molecule has 1 fully saturated rings. The van der Waals surface area contributed by atoms with Gasteiger partial charge in [0.2, 0.25) is 0 Å². The van der Waals surface area contributed by atoms with Gasteiger partial charge in [0, 0.05) is 49.3 Å². The Morgan fingerprint density at radius 3 is 2.00 bits per heavy atom. The van der Waals surface area contributed by atoms with Crippen molar-refractivity contribution in [1.29, 1.82) is 0 Å². The van der Waals surface area contributed by atoms with E-state index in [1.54, 1.807) is 33.1 Å². The minimum absolute atomic E-state index is 0.436. The molecule has 0 aromatic carbocycles. The lowest BCUT2D eigenvalue weighted by atomic mass is 10.2. The zero-order chi connectivity index (χ0) is 16.5. The summed E-state index contributed by atoms with van der Waals surface area (Å²) in [6.07, 6.45) is 1.40. The molecule has 1 unspecified atom stereocenters. The number of carbonyl (C=O) groups excluding carboxylic acids is 3. The molecule has 9 heteroatoms. The van der Waals surface area contributed by atoms with Crippen LogP contribution in [0.5, 0.6) is 0 Å². The molecule has 0 aromatic heterocycles. The van der Waals surface area contributed by atoms with Gasteiger partial charge in [-0.1, -0.05) is 0 Å². The highest BCUT2D eigenvalue weighted by Gasteiger charge is 2.59. The van der Waals surface area contributed by atoms with Crippen LogP contribution in [0.25, 0.3) is 0 Å². The van der Waals surface area contributed by atoms with E-state index < -0.39 is 23.8 Å². The summed E-state index contributed by atoms with van der Waals surface area (Å²) in [5.74, 6) is -2.29. The lowest BCUT2D eigenvalue weighted by Crippen LogP contribution is -2.62. The summed E-state index contributed by atoms with van der Waals surface area (Å²) in [6, 6.07) is -0.955. The first-order valence-corrected chi connectivity index (χ1v) is 6.30. The van der Waals surface area contributed by atoms with Gasteiger partial charge < -0.3 is 9.80 Å². The molecule has 0 bridgehead atoms. The van der Waals surface area contributed by atoms with Gasteiger partial charge in [-0.2, -0.15) is 0 Å². The van der Waals surface area contributed by atoms with E-state index in [1.165, 1.54) is 32.4 Å². The maximum Gasteiger partial charge on any atom is 0.330 e. The van der Waals surface area contributed by atoms with Crippen molar-refractivity contribution < 1.29 is 14.4 Å². The Morgan fingerprint density at radius 2 is 1.67 bits per heavy atom. The lowest BCUT2D eigenvalue weighted by Gasteiger charge is -2.38. The number of nitrogens with zero attached hydrogens (tertiary/aromatic N) is 6. The van der Waals surface area contributed by atoms with E-state index >= 15 is 0 Å². The van der Waals surface area contributed by atoms with Crippen molar-refractivity contribution in [3.05, 3.63) is 0 Å². The Labute approximate surface area is 124 Å². The van der Waals surface area contributed by atoms with Crippen molar-refractivity contribution >= 4 is 24.3 Å². The van der Waals surface area contributed by atoms with Crippen molar-refractivity contribution in [3.63, 3.8) is 0 Å². The maximum absolute atomic E-state index is 12.5. The molecule has 1 aliphatic heterocycles. The van der Waals surface area contributed by atoms with Crippen LogP contribution in [0.4, 0.5) is 9.59 Å². The SMILES string of the molecule is CN(C)/C=N/C1(N(C)C(=O)N(C)C)C(=O)N(C)C(=O)N1C. The number of urea groups is 2. The minimum atomic E-state index is -1.71. The van der Waals surface area contributed by atoms with Gasteiger partial charge in [-0.05, 0) is 0 Å². The van der Waals surface area contributed by atoms with Crippen LogP contribution in [0, 0.1) is 0 Å². The second kappa shape index (κ2) is 5.58.